The van der Waals surface area contributed by atoms with Crippen molar-refractivity contribution in [2.75, 3.05) is 12.3 Å². The fourth-order valence-corrected chi connectivity index (χ4v) is 4.16. The number of anilines is 1. The number of rotatable bonds is 6. The third-order valence-corrected chi connectivity index (χ3v) is 5.96. The monoisotopic (exact) mass is 414 g/mol. The molecule has 0 saturated heterocycles. The number of pyridine rings is 1. The van der Waals surface area contributed by atoms with Gasteiger partial charge in [-0.1, -0.05) is 6.07 Å². The van der Waals surface area contributed by atoms with Crippen molar-refractivity contribution >= 4 is 15.8 Å². The van der Waals surface area contributed by atoms with Gasteiger partial charge in [0.2, 0.25) is 10.0 Å². The van der Waals surface area contributed by atoms with Gasteiger partial charge in [-0.3, -0.25) is 0 Å². The highest BCUT2D eigenvalue weighted by Gasteiger charge is 2.21. The van der Waals surface area contributed by atoms with Crippen molar-refractivity contribution in [3.63, 3.8) is 0 Å². The van der Waals surface area contributed by atoms with E-state index in [1.807, 2.05) is 32.0 Å². The highest BCUT2D eigenvalue weighted by molar-refractivity contribution is 7.89. The molecule has 8 heteroatoms. The van der Waals surface area contributed by atoms with E-state index in [9.17, 15) is 13.5 Å². The summed E-state index contributed by atoms with van der Waals surface area (Å²) < 4.78 is 27.8. The van der Waals surface area contributed by atoms with Crippen LogP contribution >= 0.6 is 0 Å². The van der Waals surface area contributed by atoms with Crippen LogP contribution in [0.5, 0.6) is 0 Å². The summed E-state index contributed by atoms with van der Waals surface area (Å²) in [5.41, 5.74) is 9.94. The van der Waals surface area contributed by atoms with E-state index < -0.39 is 15.6 Å². The first-order valence-electron chi connectivity index (χ1n) is 9.21. The number of aromatic amines is 1. The first kappa shape index (κ1) is 21.0. The molecule has 0 bridgehead atoms. The van der Waals surface area contributed by atoms with Crippen molar-refractivity contribution in [1.82, 2.24) is 14.7 Å². The quantitative estimate of drug-likeness (QED) is 0.494. The summed E-state index contributed by atoms with van der Waals surface area (Å²) in [7, 11) is -3.77. The number of nitrogens with one attached hydrogen (secondary N) is 2. The average Bonchev–Trinajstić information content (AvgIpc) is 3.06. The Labute approximate surface area is 171 Å². The van der Waals surface area contributed by atoms with E-state index in [0.29, 0.717) is 5.82 Å². The van der Waals surface area contributed by atoms with Gasteiger partial charge in [0.05, 0.1) is 10.5 Å². The Bertz CT molecular complexity index is 1140. The van der Waals surface area contributed by atoms with Gasteiger partial charge in [-0.2, -0.15) is 0 Å². The predicted octanol–water partition coefficient (Wildman–Crippen LogP) is 2.99. The molecule has 3 rings (SSSR count). The Morgan fingerprint density at radius 3 is 2.48 bits per heavy atom. The van der Waals surface area contributed by atoms with E-state index in [1.165, 1.54) is 0 Å². The van der Waals surface area contributed by atoms with Gasteiger partial charge in [0, 0.05) is 35.3 Å². The van der Waals surface area contributed by atoms with Crippen molar-refractivity contribution in [2.24, 2.45) is 0 Å². The van der Waals surface area contributed by atoms with Gasteiger partial charge in [-0.15, -0.1) is 0 Å². The van der Waals surface area contributed by atoms with Crippen LogP contribution in [0.15, 0.2) is 47.5 Å². The minimum Gasteiger partial charge on any atom is -0.389 e. The molecule has 0 radical (unpaired) electrons. The van der Waals surface area contributed by atoms with Gasteiger partial charge in [-0.25, -0.2) is 18.1 Å². The van der Waals surface area contributed by atoms with Gasteiger partial charge in [0.1, 0.15) is 5.82 Å². The second-order valence-electron chi connectivity index (χ2n) is 7.83. The number of aromatic nitrogens is 2. The van der Waals surface area contributed by atoms with Crippen molar-refractivity contribution in [3.05, 3.63) is 53.9 Å². The number of hydrogen-bond donors (Lipinski definition) is 4. The smallest absolute Gasteiger partial charge is 0.240 e. The highest BCUT2D eigenvalue weighted by atomic mass is 32.2. The van der Waals surface area contributed by atoms with Crippen LogP contribution in [0.25, 0.3) is 22.4 Å². The summed E-state index contributed by atoms with van der Waals surface area (Å²) in [4.78, 5) is 7.67. The first-order valence-corrected chi connectivity index (χ1v) is 10.7. The van der Waals surface area contributed by atoms with E-state index in [-0.39, 0.29) is 11.4 Å². The highest BCUT2D eigenvalue weighted by Crippen LogP contribution is 2.32. The molecule has 0 fully saturated rings. The summed E-state index contributed by atoms with van der Waals surface area (Å²) in [6.07, 6.45) is 1.64. The zero-order valence-corrected chi connectivity index (χ0v) is 17.8. The molecule has 0 aliphatic heterocycles. The number of nitrogen functional groups attached to an aromatic ring is 1. The zero-order valence-electron chi connectivity index (χ0n) is 16.9. The van der Waals surface area contributed by atoms with Crippen LogP contribution in [-0.2, 0) is 10.0 Å². The van der Waals surface area contributed by atoms with E-state index in [0.717, 1.165) is 33.6 Å². The topological polar surface area (TPSA) is 121 Å². The van der Waals surface area contributed by atoms with Crippen LogP contribution in [0, 0.1) is 13.8 Å². The van der Waals surface area contributed by atoms with Crippen LogP contribution < -0.4 is 10.5 Å². The molecule has 0 amide bonds. The standard InChI is InChI=1S/C21H26N4O3S/c1-13-5-7-16(29(27,28)24-12-21(3,4)26)10-17(13)15-9-18(20(22)23-11-15)19-8-6-14(2)25-19/h5-11,24-26H,12H2,1-4H3,(H2,22,23). The number of nitrogens with two attached hydrogens (primary N) is 1. The van der Waals surface area contributed by atoms with Crippen molar-refractivity contribution in [3.8, 4) is 22.4 Å². The summed E-state index contributed by atoms with van der Waals surface area (Å²) in [6.45, 7) is 6.86. The molecule has 5 N–H and O–H groups in total. The maximum Gasteiger partial charge on any atom is 0.240 e. The lowest BCUT2D eigenvalue weighted by Gasteiger charge is -2.18. The van der Waals surface area contributed by atoms with E-state index in [1.54, 1.807) is 38.2 Å². The van der Waals surface area contributed by atoms with Crippen LogP contribution in [0.4, 0.5) is 5.82 Å². The molecular formula is C21H26N4O3S. The Morgan fingerprint density at radius 2 is 1.86 bits per heavy atom. The lowest BCUT2D eigenvalue weighted by molar-refractivity contribution is 0.0857. The van der Waals surface area contributed by atoms with Gasteiger partial charge in [0.25, 0.3) is 0 Å². The molecule has 0 aliphatic rings. The predicted molar refractivity (Wildman–Crippen MR) is 115 cm³/mol. The minimum absolute atomic E-state index is 0.0850. The molecule has 0 aliphatic carbocycles. The third-order valence-electron chi connectivity index (χ3n) is 4.57. The number of hydrogen-bond acceptors (Lipinski definition) is 5. The average molecular weight is 415 g/mol. The molecule has 0 atom stereocenters. The summed E-state index contributed by atoms with van der Waals surface area (Å²) >= 11 is 0. The molecule has 154 valence electrons. The third kappa shape index (κ3) is 4.84. The normalized spacial score (nSPS) is 12.3. The largest absolute Gasteiger partial charge is 0.389 e. The molecule has 1 aromatic carbocycles. The van der Waals surface area contributed by atoms with Gasteiger partial charge in [-0.05, 0) is 69.2 Å². The summed E-state index contributed by atoms with van der Waals surface area (Å²) in [6, 6.07) is 10.7. The molecule has 0 unspecified atom stereocenters. The Hall–Kier alpha value is -2.68. The molecule has 2 heterocycles. The molecular weight excluding hydrogens is 388 g/mol. The van der Waals surface area contributed by atoms with E-state index in [2.05, 4.69) is 14.7 Å². The van der Waals surface area contributed by atoms with Crippen LogP contribution in [-0.4, -0.2) is 35.6 Å². The summed E-state index contributed by atoms with van der Waals surface area (Å²) in [5, 5.41) is 9.82. The second kappa shape index (κ2) is 7.62. The maximum atomic E-state index is 12.7. The van der Waals surface area contributed by atoms with Gasteiger partial charge in [0.15, 0.2) is 0 Å². The summed E-state index contributed by atoms with van der Waals surface area (Å²) in [5.74, 6) is 0.392. The van der Waals surface area contributed by atoms with Crippen LogP contribution in [0.1, 0.15) is 25.1 Å². The van der Waals surface area contributed by atoms with Crippen molar-refractivity contribution < 1.29 is 13.5 Å². The van der Waals surface area contributed by atoms with Gasteiger partial charge < -0.3 is 15.8 Å². The SMILES string of the molecule is Cc1ccc(-c2cc(-c3cc(S(=O)(=O)NCC(C)(C)O)ccc3C)cnc2N)[nH]1. The second-order valence-corrected chi connectivity index (χ2v) is 9.59. The molecule has 29 heavy (non-hydrogen) atoms. The molecule has 0 saturated carbocycles. The fraction of sp³-hybridized carbons (Fsp3) is 0.286. The minimum atomic E-state index is -3.77. The Balaban J connectivity index is 2.03. The number of nitrogens with zero attached hydrogens (tertiary/aromatic N) is 1. The van der Waals surface area contributed by atoms with Crippen molar-refractivity contribution in [1.29, 1.82) is 0 Å². The van der Waals surface area contributed by atoms with Crippen LogP contribution in [0.2, 0.25) is 0 Å². The number of sulfonamides is 1. The zero-order chi connectivity index (χ0) is 21.4. The fourth-order valence-electron chi connectivity index (χ4n) is 2.93. The van der Waals surface area contributed by atoms with Gasteiger partial charge >= 0.3 is 0 Å². The number of aliphatic hydroxyl groups is 1. The molecule has 7 nitrogen and oxygen atoms in total. The van der Waals surface area contributed by atoms with E-state index in [4.69, 9.17) is 5.73 Å². The van der Waals surface area contributed by atoms with E-state index >= 15 is 0 Å². The lowest BCUT2D eigenvalue weighted by Crippen LogP contribution is -2.38. The number of H-pyrrole nitrogens is 1. The van der Waals surface area contributed by atoms with Crippen LogP contribution in [0.3, 0.4) is 0 Å². The number of benzene rings is 1. The maximum absolute atomic E-state index is 12.7. The lowest BCUT2D eigenvalue weighted by atomic mass is 10.00. The Kier molecular flexibility index (Phi) is 5.53. The van der Waals surface area contributed by atoms with Crippen molar-refractivity contribution in [2.45, 2.75) is 38.2 Å². The first-order chi connectivity index (χ1) is 13.5. The Morgan fingerprint density at radius 1 is 1.14 bits per heavy atom. The number of aryl methyl sites for hydroxylation is 2. The molecule has 2 aromatic heterocycles. The molecule has 0 spiro atoms. The molecule has 3 aromatic rings.